The smallest absolute Gasteiger partial charge is 0.260 e. The van der Waals surface area contributed by atoms with Gasteiger partial charge in [0.05, 0.1) is 0 Å². The zero-order valence-corrected chi connectivity index (χ0v) is 11.3. The standard InChI is InChI=1S/C16H14F2N2O/c17-13-2-1-3-14(18)15(13)16(21)20-7-6-10-4-5-12(19)8-11(10)9-20/h1-5,8H,6-7,9,19H2. The summed E-state index contributed by atoms with van der Waals surface area (Å²) in [7, 11) is 0. The summed E-state index contributed by atoms with van der Waals surface area (Å²) in [5.41, 5.74) is 7.89. The fraction of sp³-hybridized carbons (Fsp3) is 0.188. The number of hydrogen-bond acceptors (Lipinski definition) is 2. The molecule has 0 saturated heterocycles. The first-order chi connectivity index (χ1) is 10.1. The fourth-order valence-corrected chi connectivity index (χ4v) is 2.61. The number of halogens is 2. The van der Waals surface area contributed by atoms with E-state index < -0.39 is 23.1 Å². The molecule has 1 heterocycles. The normalized spacial score (nSPS) is 13.9. The molecule has 0 atom stereocenters. The van der Waals surface area contributed by atoms with Gasteiger partial charge in [-0.25, -0.2) is 8.78 Å². The van der Waals surface area contributed by atoms with Crippen LogP contribution >= 0.6 is 0 Å². The average molecular weight is 288 g/mol. The van der Waals surface area contributed by atoms with Gasteiger partial charge in [-0.2, -0.15) is 0 Å². The lowest BCUT2D eigenvalue weighted by atomic mass is 9.98. The summed E-state index contributed by atoms with van der Waals surface area (Å²) >= 11 is 0. The van der Waals surface area contributed by atoms with E-state index in [1.165, 1.54) is 11.0 Å². The van der Waals surface area contributed by atoms with Gasteiger partial charge in [-0.1, -0.05) is 12.1 Å². The number of anilines is 1. The van der Waals surface area contributed by atoms with Gasteiger partial charge in [0.1, 0.15) is 17.2 Å². The lowest BCUT2D eigenvalue weighted by Crippen LogP contribution is -2.37. The van der Waals surface area contributed by atoms with E-state index in [1.807, 2.05) is 12.1 Å². The van der Waals surface area contributed by atoms with Gasteiger partial charge in [0.25, 0.3) is 5.91 Å². The Hall–Kier alpha value is -2.43. The highest BCUT2D eigenvalue weighted by molar-refractivity contribution is 5.95. The van der Waals surface area contributed by atoms with Gasteiger partial charge in [-0.05, 0) is 41.8 Å². The predicted octanol–water partition coefficient (Wildman–Crippen LogP) is 2.75. The van der Waals surface area contributed by atoms with Crippen LogP contribution in [0.15, 0.2) is 36.4 Å². The molecule has 0 aromatic heterocycles. The van der Waals surface area contributed by atoms with Crippen LogP contribution < -0.4 is 5.73 Å². The Kier molecular flexibility index (Phi) is 3.33. The molecule has 2 aromatic carbocycles. The highest BCUT2D eigenvalue weighted by atomic mass is 19.1. The average Bonchev–Trinajstić information content (AvgIpc) is 2.46. The van der Waals surface area contributed by atoms with E-state index in [1.54, 1.807) is 6.07 Å². The van der Waals surface area contributed by atoms with Crippen molar-refractivity contribution in [1.82, 2.24) is 4.90 Å². The Morgan fingerprint density at radius 2 is 1.81 bits per heavy atom. The predicted molar refractivity (Wildman–Crippen MR) is 75.7 cm³/mol. The minimum Gasteiger partial charge on any atom is -0.399 e. The van der Waals surface area contributed by atoms with Crippen molar-refractivity contribution in [1.29, 1.82) is 0 Å². The largest absolute Gasteiger partial charge is 0.399 e. The Morgan fingerprint density at radius 3 is 2.52 bits per heavy atom. The number of nitrogen functional groups attached to an aromatic ring is 1. The molecule has 2 aromatic rings. The third-order valence-corrected chi connectivity index (χ3v) is 3.71. The van der Waals surface area contributed by atoms with Crippen LogP contribution in [-0.2, 0) is 13.0 Å². The zero-order valence-electron chi connectivity index (χ0n) is 11.3. The number of nitrogens with two attached hydrogens (primary N) is 1. The van der Waals surface area contributed by atoms with E-state index in [9.17, 15) is 13.6 Å². The summed E-state index contributed by atoms with van der Waals surface area (Å²) in [4.78, 5) is 13.8. The van der Waals surface area contributed by atoms with Crippen molar-refractivity contribution in [3.05, 3.63) is 64.7 Å². The summed E-state index contributed by atoms with van der Waals surface area (Å²) in [6, 6.07) is 8.96. The molecule has 0 unspecified atom stereocenters. The van der Waals surface area contributed by atoms with Gasteiger partial charge in [0, 0.05) is 18.8 Å². The van der Waals surface area contributed by atoms with Crippen molar-refractivity contribution >= 4 is 11.6 Å². The maximum Gasteiger partial charge on any atom is 0.260 e. The van der Waals surface area contributed by atoms with Crippen LogP contribution in [0.5, 0.6) is 0 Å². The number of nitrogens with zero attached hydrogens (tertiary/aromatic N) is 1. The molecule has 0 fully saturated rings. The molecule has 3 rings (SSSR count). The third kappa shape index (κ3) is 2.46. The summed E-state index contributed by atoms with van der Waals surface area (Å²) in [6.45, 7) is 0.747. The number of benzene rings is 2. The van der Waals surface area contributed by atoms with Crippen molar-refractivity contribution in [3.8, 4) is 0 Å². The van der Waals surface area contributed by atoms with Crippen molar-refractivity contribution < 1.29 is 13.6 Å². The number of hydrogen-bond donors (Lipinski definition) is 1. The van der Waals surface area contributed by atoms with E-state index in [-0.39, 0.29) is 0 Å². The Morgan fingerprint density at radius 1 is 1.10 bits per heavy atom. The molecular weight excluding hydrogens is 274 g/mol. The molecule has 2 N–H and O–H groups in total. The molecule has 0 bridgehead atoms. The van der Waals surface area contributed by atoms with E-state index in [0.717, 1.165) is 23.3 Å². The molecule has 21 heavy (non-hydrogen) atoms. The quantitative estimate of drug-likeness (QED) is 0.820. The van der Waals surface area contributed by atoms with Crippen LogP contribution in [-0.4, -0.2) is 17.4 Å². The van der Waals surface area contributed by atoms with E-state index in [4.69, 9.17) is 5.73 Å². The second-order valence-electron chi connectivity index (χ2n) is 5.10. The molecule has 0 spiro atoms. The molecule has 108 valence electrons. The minimum atomic E-state index is -0.835. The van der Waals surface area contributed by atoms with E-state index in [2.05, 4.69) is 0 Å². The SMILES string of the molecule is Nc1ccc2c(c1)CN(C(=O)c1c(F)cccc1F)CC2. The molecule has 0 aliphatic carbocycles. The van der Waals surface area contributed by atoms with E-state index in [0.29, 0.717) is 25.2 Å². The zero-order chi connectivity index (χ0) is 15.0. The Bertz CT molecular complexity index is 695. The van der Waals surface area contributed by atoms with Crippen LogP contribution in [0.2, 0.25) is 0 Å². The van der Waals surface area contributed by atoms with E-state index >= 15 is 0 Å². The lowest BCUT2D eigenvalue weighted by molar-refractivity contribution is 0.0725. The molecule has 3 nitrogen and oxygen atoms in total. The second-order valence-corrected chi connectivity index (χ2v) is 5.10. The molecule has 1 amide bonds. The van der Waals surface area contributed by atoms with Gasteiger partial charge < -0.3 is 10.6 Å². The number of amides is 1. The summed E-state index contributed by atoms with van der Waals surface area (Å²) in [6.07, 6.45) is 0.650. The van der Waals surface area contributed by atoms with Crippen LogP contribution in [0.25, 0.3) is 0 Å². The van der Waals surface area contributed by atoms with Crippen LogP contribution in [0, 0.1) is 11.6 Å². The Labute approximate surface area is 121 Å². The Balaban J connectivity index is 1.91. The molecule has 1 aliphatic rings. The number of fused-ring (bicyclic) bond motifs is 1. The second kappa shape index (κ2) is 5.16. The van der Waals surface area contributed by atoms with Crippen molar-refractivity contribution in [2.75, 3.05) is 12.3 Å². The van der Waals surface area contributed by atoms with Crippen molar-refractivity contribution in [3.63, 3.8) is 0 Å². The highest BCUT2D eigenvalue weighted by Gasteiger charge is 2.26. The van der Waals surface area contributed by atoms with Gasteiger partial charge in [-0.3, -0.25) is 4.79 Å². The summed E-state index contributed by atoms with van der Waals surface area (Å²) in [5.74, 6) is -2.30. The first kappa shape index (κ1) is 13.5. The fourth-order valence-electron chi connectivity index (χ4n) is 2.61. The molecule has 0 radical (unpaired) electrons. The first-order valence-electron chi connectivity index (χ1n) is 6.67. The van der Waals surface area contributed by atoms with Crippen LogP contribution in [0.4, 0.5) is 14.5 Å². The monoisotopic (exact) mass is 288 g/mol. The number of rotatable bonds is 1. The number of carbonyl (C=O) groups excluding carboxylic acids is 1. The molecule has 5 heteroatoms. The first-order valence-corrected chi connectivity index (χ1v) is 6.67. The summed E-state index contributed by atoms with van der Waals surface area (Å²) < 4.78 is 27.4. The topological polar surface area (TPSA) is 46.3 Å². The van der Waals surface area contributed by atoms with Crippen molar-refractivity contribution in [2.45, 2.75) is 13.0 Å². The molecule has 0 saturated carbocycles. The third-order valence-electron chi connectivity index (χ3n) is 3.71. The number of carbonyl (C=O) groups is 1. The molecular formula is C16H14F2N2O. The van der Waals surface area contributed by atoms with Gasteiger partial charge in [0.15, 0.2) is 0 Å². The maximum atomic E-state index is 13.7. The maximum absolute atomic E-state index is 13.7. The molecule has 1 aliphatic heterocycles. The highest BCUT2D eigenvalue weighted by Crippen LogP contribution is 2.24. The minimum absolute atomic E-state index is 0.312. The van der Waals surface area contributed by atoms with Gasteiger partial charge >= 0.3 is 0 Å². The van der Waals surface area contributed by atoms with Crippen LogP contribution in [0.3, 0.4) is 0 Å². The lowest BCUT2D eigenvalue weighted by Gasteiger charge is -2.29. The van der Waals surface area contributed by atoms with Crippen LogP contribution in [0.1, 0.15) is 21.5 Å². The van der Waals surface area contributed by atoms with Gasteiger partial charge in [-0.15, -0.1) is 0 Å². The summed E-state index contributed by atoms with van der Waals surface area (Å²) in [5, 5.41) is 0. The van der Waals surface area contributed by atoms with Crippen molar-refractivity contribution in [2.24, 2.45) is 0 Å². The van der Waals surface area contributed by atoms with Gasteiger partial charge in [0.2, 0.25) is 0 Å².